The summed E-state index contributed by atoms with van der Waals surface area (Å²) in [5, 5.41) is 0. The van der Waals surface area contributed by atoms with E-state index in [1.807, 2.05) is 12.3 Å². The standard InChI is InChI=1S/C21H22N4O/c1-15(17-5-4-16-6-10-26-20(16)11-17)24-8-9-25-13-19(23-21(25)14-24)18-3-2-7-22-12-18/h2-5,7,11-13,15H,6,8-10,14H2,1H3. The molecule has 2 aliphatic heterocycles. The Morgan fingerprint density at radius 3 is 3.04 bits per heavy atom. The first kappa shape index (κ1) is 15.6. The molecule has 0 bridgehead atoms. The molecule has 1 aromatic carbocycles. The van der Waals surface area contributed by atoms with Gasteiger partial charge in [0, 0.05) is 49.7 Å². The molecule has 1 atom stereocenters. The van der Waals surface area contributed by atoms with Crippen LogP contribution in [0.4, 0.5) is 0 Å². The van der Waals surface area contributed by atoms with E-state index in [0.29, 0.717) is 6.04 Å². The molecule has 2 aliphatic rings. The van der Waals surface area contributed by atoms with Crippen LogP contribution < -0.4 is 4.74 Å². The Balaban J connectivity index is 1.38. The largest absolute Gasteiger partial charge is 0.493 e. The molecule has 0 aliphatic carbocycles. The molecule has 0 saturated heterocycles. The quantitative estimate of drug-likeness (QED) is 0.728. The van der Waals surface area contributed by atoms with Crippen molar-refractivity contribution in [2.75, 3.05) is 13.2 Å². The molecule has 3 aromatic rings. The van der Waals surface area contributed by atoms with Gasteiger partial charge in [0.2, 0.25) is 0 Å². The molecule has 0 spiro atoms. The zero-order valence-corrected chi connectivity index (χ0v) is 14.9. The van der Waals surface area contributed by atoms with Crippen LogP contribution in [0.1, 0.15) is 29.9 Å². The van der Waals surface area contributed by atoms with Crippen LogP contribution in [0, 0.1) is 0 Å². The number of hydrogen-bond acceptors (Lipinski definition) is 4. The fourth-order valence-corrected chi connectivity index (χ4v) is 3.91. The second-order valence-electron chi connectivity index (χ2n) is 7.09. The van der Waals surface area contributed by atoms with E-state index < -0.39 is 0 Å². The number of hydrogen-bond donors (Lipinski definition) is 0. The fourth-order valence-electron chi connectivity index (χ4n) is 3.91. The van der Waals surface area contributed by atoms with Crippen molar-refractivity contribution in [3.05, 3.63) is 65.9 Å². The van der Waals surface area contributed by atoms with Crippen LogP contribution in [-0.4, -0.2) is 32.6 Å². The summed E-state index contributed by atoms with van der Waals surface area (Å²) in [6.07, 6.45) is 6.85. The number of aromatic nitrogens is 3. The van der Waals surface area contributed by atoms with Crippen molar-refractivity contribution >= 4 is 0 Å². The first-order chi connectivity index (χ1) is 12.8. The number of imidazole rings is 1. The van der Waals surface area contributed by atoms with Crippen LogP contribution >= 0.6 is 0 Å². The lowest BCUT2D eigenvalue weighted by atomic mass is 10.0. The zero-order valence-electron chi connectivity index (χ0n) is 14.9. The number of benzene rings is 1. The third kappa shape index (κ3) is 2.69. The van der Waals surface area contributed by atoms with E-state index in [9.17, 15) is 0 Å². The summed E-state index contributed by atoms with van der Waals surface area (Å²) in [5.74, 6) is 2.19. The molecule has 0 saturated carbocycles. The van der Waals surface area contributed by atoms with Gasteiger partial charge in [0.1, 0.15) is 11.6 Å². The van der Waals surface area contributed by atoms with Gasteiger partial charge < -0.3 is 9.30 Å². The molecule has 5 nitrogen and oxygen atoms in total. The minimum Gasteiger partial charge on any atom is -0.493 e. The van der Waals surface area contributed by atoms with E-state index in [4.69, 9.17) is 9.72 Å². The molecular weight excluding hydrogens is 324 g/mol. The predicted molar refractivity (Wildman–Crippen MR) is 99.9 cm³/mol. The van der Waals surface area contributed by atoms with Gasteiger partial charge in [-0.25, -0.2) is 4.98 Å². The highest BCUT2D eigenvalue weighted by Gasteiger charge is 2.25. The van der Waals surface area contributed by atoms with Crippen molar-refractivity contribution < 1.29 is 4.74 Å². The Bertz CT molecular complexity index is 934. The lowest BCUT2D eigenvalue weighted by molar-refractivity contribution is 0.163. The van der Waals surface area contributed by atoms with Crippen molar-refractivity contribution in [1.29, 1.82) is 0 Å². The molecule has 1 unspecified atom stereocenters. The molecule has 2 aromatic heterocycles. The minimum atomic E-state index is 0.344. The maximum absolute atomic E-state index is 5.74. The van der Waals surface area contributed by atoms with Gasteiger partial charge in [-0.1, -0.05) is 12.1 Å². The number of ether oxygens (including phenoxy) is 1. The third-order valence-electron chi connectivity index (χ3n) is 5.54. The fraction of sp³-hybridized carbons (Fsp3) is 0.333. The van der Waals surface area contributed by atoms with Gasteiger partial charge in [0.25, 0.3) is 0 Å². The number of rotatable bonds is 3. The topological polar surface area (TPSA) is 43.2 Å². The first-order valence-electron chi connectivity index (χ1n) is 9.24. The van der Waals surface area contributed by atoms with Crippen molar-refractivity contribution in [1.82, 2.24) is 19.4 Å². The average Bonchev–Trinajstić information content (AvgIpc) is 3.33. The summed E-state index contributed by atoms with van der Waals surface area (Å²) in [7, 11) is 0. The Hall–Kier alpha value is -2.66. The second-order valence-corrected chi connectivity index (χ2v) is 7.09. The van der Waals surface area contributed by atoms with Crippen LogP contribution in [0.15, 0.2) is 48.9 Å². The molecule has 0 radical (unpaired) electrons. The second kappa shape index (κ2) is 6.25. The zero-order chi connectivity index (χ0) is 17.5. The monoisotopic (exact) mass is 346 g/mol. The highest BCUT2D eigenvalue weighted by Crippen LogP contribution is 2.32. The first-order valence-corrected chi connectivity index (χ1v) is 9.24. The Morgan fingerprint density at radius 1 is 1.19 bits per heavy atom. The third-order valence-corrected chi connectivity index (χ3v) is 5.54. The van der Waals surface area contributed by atoms with Gasteiger partial charge in [0.15, 0.2) is 0 Å². The average molecular weight is 346 g/mol. The number of pyridine rings is 1. The summed E-state index contributed by atoms with van der Waals surface area (Å²) >= 11 is 0. The van der Waals surface area contributed by atoms with Crippen LogP contribution in [0.5, 0.6) is 5.75 Å². The van der Waals surface area contributed by atoms with E-state index in [2.05, 4.69) is 51.8 Å². The van der Waals surface area contributed by atoms with Crippen molar-refractivity contribution in [2.24, 2.45) is 0 Å². The molecule has 132 valence electrons. The summed E-state index contributed by atoms with van der Waals surface area (Å²) in [4.78, 5) is 11.6. The lowest BCUT2D eigenvalue weighted by Crippen LogP contribution is -2.35. The minimum absolute atomic E-state index is 0.344. The summed E-state index contributed by atoms with van der Waals surface area (Å²) in [6, 6.07) is 11.1. The Morgan fingerprint density at radius 2 is 2.15 bits per heavy atom. The normalized spacial score (nSPS) is 17.4. The van der Waals surface area contributed by atoms with Crippen LogP contribution in [0.25, 0.3) is 11.3 Å². The molecule has 4 heterocycles. The van der Waals surface area contributed by atoms with Crippen molar-refractivity contribution in [3.63, 3.8) is 0 Å². The van der Waals surface area contributed by atoms with Crippen LogP contribution in [-0.2, 0) is 19.5 Å². The van der Waals surface area contributed by atoms with Gasteiger partial charge in [-0.05, 0) is 36.2 Å². The molecule has 26 heavy (non-hydrogen) atoms. The van der Waals surface area contributed by atoms with E-state index in [1.165, 1.54) is 11.1 Å². The molecule has 0 N–H and O–H groups in total. The lowest BCUT2D eigenvalue weighted by Gasteiger charge is -2.33. The van der Waals surface area contributed by atoms with E-state index in [0.717, 1.165) is 55.5 Å². The highest BCUT2D eigenvalue weighted by molar-refractivity contribution is 5.57. The molecule has 0 amide bonds. The van der Waals surface area contributed by atoms with E-state index in [-0.39, 0.29) is 0 Å². The summed E-state index contributed by atoms with van der Waals surface area (Å²) in [6.45, 7) is 5.94. The van der Waals surface area contributed by atoms with Gasteiger partial charge in [-0.2, -0.15) is 0 Å². The maximum Gasteiger partial charge on any atom is 0.123 e. The van der Waals surface area contributed by atoms with Gasteiger partial charge in [-0.3, -0.25) is 9.88 Å². The smallest absolute Gasteiger partial charge is 0.123 e. The van der Waals surface area contributed by atoms with E-state index >= 15 is 0 Å². The van der Waals surface area contributed by atoms with Crippen LogP contribution in [0.2, 0.25) is 0 Å². The van der Waals surface area contributed by atoms with Crippen molar-refractivity contribution in [2.45, 2.75) is 32.5 Å². The highest BCUT2D eigenvalue weighted by atomic mass is 16.5. The van der Waals surface area contributed by atoms with Gasteiger partial charge >= 0.3 is 0 Å². The molecule has 5 rings (SSSR count). The predicted octanol–water partition coefficient (Wildman–Crippen LogP) is 3.46. The Labute approximate surface area is 153 Å². The van der Waals surface area contributed by atoms with Gasteiger partial charge in [-0.15, -0.1) is 0 Å². The van der Waals surface area contributed by atoms with Crippen LogP contribution in [0.3, 0.4) is 0 Å². The maximum atomic E-state index is 5.74. The number of fused-ring (bicyclic) bond motifs is 2. The molecule has 5 heteroatoms. The SMILES string of the molecule is CC(c1ccc2c(c1)OCC2)N1CCn2cc(-c3cccnc3)nc2C1. The summed E-state index contributed by atoms with van der Waals surface area (Å²) < 4.78 is 8.02. The summed E-state index contributed by atoms with van der Waals surface area (Å²) in [5.41, 5.74) is 4.73. The van der Waals surface area contributed by atoms with E-state index in [1.54, 1.807) is 6.20 Å². The van der Waals surface area contributed by atoms with Gasteiger partial charge in [0.05, 0.1) is 18.8 Å². The Kier molecular flexibility index (Phi) is 3.75. The van der Waals surface area contributed by atoms with Crippen molar-refractivity contribution in [3.8, 4) is 17.0 Å². The molecular formula is C21H22N4O. The number of nitrogens with zero attached hydrogens (tertiary/aromatic N) is 4. The molecule has 0 fully saturated rings.